The van der Waals surface area contributed by atoms with E-state index in [9.17, 15) is 0 Å². The number of ether oxygens (including phenoxy) is 1. The molecule has 2 heterocycles. The molecule has 3 nitrogen and oxygen atoms in total. The molecule has 0 bridgehead atoms. The van der Waals surface area contributed by atoms with E-state index in [0.29, 0.717) is 0 Å². The maximum Gasteiger partial charge on any atom is 0.186 e. The van der Waals surface area contributed by atoms with Crippen LogP contribution in [0.25, 0.3) is 11.3 Å². The Morgan fingerprint density at radius 1 is 1.20 bits per heavy atom. The summed E-state index contributed by atoms with van der Waals surface area (Å²) < 4.78 is 5.31. The fourth-order valence-electron chi connectivity index (χ4n) is 3.14. The van der Waals surface area contributed by atoms with Crippen LogP contribution in [0.1, 0.15) is 29.7 Å². The number of anilines is 1. The molecule has 2 aromatic rings. The van der Waals surface area contributed by atoms with Crippen LogP contribution >= 0.6 is 11.3 Å². The van der Waals surface area contributed by atoms with E-state index in [-0.39, 0.29) is 0 Å². The zero-order valence-electron chi connectivity index (χ0n) is 11.7. The Morgan fingerprint density at radius 2 is 2.05 bits per heavy atom. The van der Waals surface area contributed by atoms with Crippen LogP contribution in [0.2, 0.25) is 0 Å². The topological polar surface area (TPSA) is 25.4 Å². The fraction of sp³-hybridized carbons (Fsp3) is 0.438. The second kappa shape index (κ2) is 4.77. The first-order chi connectivity index (χ1) is 9.85. The summed E-state index contributed by atoms with van der Waals surface area (Å²) in [5.41, 5.74) is 3.84. The summed E-state index contributed by atoms with van der Waals surface area (Å²) in [4.78, 5) is 8.78. The lowest BCUT2D eigenvalue weighted by Gasteiger charge is -2.25. The van der Waals surface area contributed by atoms with Crippen molar-refractivity contribution >= 4 is 16.5 Å². The van der Waals surface area contributed by atoms with Gasteiger partial charge in [0.25, 0.3) is 0 Å². The summed E-state index contributed by atoms with van der Waals surface area (Å²) in [6, 6.07) is 6.33. The number of aromatic nitrogens is 1. The maximum atomic E-state index is 5.31. The lowest BCUT2D eigenvalue weighted by Crippen LogP contribution is -2.29. The highest BCUT2D eigenvalue weighted by molar-refractivity contribution is 7.16. The first-order valence-corrected chi connectivity index (χ1v) is 8.09. The maximum absolute atomic E-state index is 5.31. The van der Waals surface area contributed by atoms with Crippen LogP contribution in [0.5, 0.6) is 5.75 Å². The minimum absolute atomic E-state index is 0.940. The average molecular weight is 286 g/mol. The zero-order valence-corrected chi connectivity index (χ0v) is 12.5. The summed E-state index contributed by atoms with van der Waals surface area (Å²) in [6.45, 7) is 2.34. The van der Waals surface area contributed by atoms with Crippen molar-refractivity contribution in [2.45, 2.75) is 25.7 Å². The monoisotopic (exact) mass is 286 g/mol. The van der Waals surface area contributed by atoms with Crippen molar-refractivity contribution in [3.05, 3.63) is 28.6 Å². The van der Waals surface area contributed by atoms with E-state index in [1.165, 1.54) is 59.2 Å². The van der Waals surface area contributed by atoms with E-state index in [4.69, 9.17) is 9.72 Å². The van der Waals surface area contributed by atoms with E-state index in [2.05, 4.69) is 17.0 Å². The van der Waals surface area contributed by atoms with Gasteiger partial charge in [-0.1, -0.05) is 0 Å². The van der Waals surface area contributed by atoms with Gasteiger partial charge >= 0.3 is 0 Å². The minimum atomic E-state index is 0.940. The Balaban J connectivity index is 1.68. The Bertz CT molecular complexity index is 644. The predicted molar refractivity (Wildman–Crippen MR) is 83.0 cm³/mol. The Labute approximate surface area is 123 Å². The molecular formula is C16H18N2OS. The normalized spacial score (nSPS) is 16.9. The van der Waals surface area contributed by atoms with Crippen molar-refractivity contribution in [2.24, 2.45) is 0 Å². The van der Waals surface area contributed by atoms with Gasteiger partial charge in [0.15, 0.2) is 5.13 Å². The third-order valence-corrected chi connectivity index (χ3v) is 5.35. The molecule has 4 heteroatoms. The number of hydrogen-bond acceptors (Lipinski definition) is 4. The summed E-state index contributed by atoms with van der Waals surface area (Å²) >= 11 is 1.87. The number of fused-ring (bicyclic) bond motifs is 3. The van der Waals surface area contributed by atoms with E-state index in [1.807, 2.05) is 17.4 Å². The summed E-state index contributed by atoms with van der Waals surface area (Å²) in [5, 5.41) is 1.22. The fourth-order valence-corrected chi connectivity index (χ4v) is 4.29. The number of hydrogen-bond donors (Lipinski definition) is 0. The number of benzene rings is 1. The average Bonchev–Trinajstić information content (AvgIpc) is 3.05. The van der Waals surface area contributed by atoms with Crippen LogP contribution in [-0.4, -0.2) is 25.2 Å². The van der Waals surface area contributed by atoms with E-state index < -0.39 is 0 Å². The molecule has 2 aliphatic rings. The third kappa shape index (κ3) is 1.90. The quantitative estimate of drug-likeness (QED) is 0.718. The van der Waals surface area contributed by atoms with Crippen molar-refractivity contribution in [3.63, 3.8) is 0 Å². The highest BCUT2D eigenvalue weighted by Crippen LogP contribution is 2.43. The van der Waals surface area contributed by atoms with Gasteiger partial charge in [0.2, 0.25) is 0 Å². The molecule has 1 aliphatic heterocycles. The molecule has 0 radical (unpaired) electrons. The lowest BCUT2D eigenvalue weighted by atomic mass is 10.1. The van der Waals surface area contributed by atoms with Crippen LogP contribution in [0.4, 0.5) is 5.13 Å². The summed E-state index contributed by atoms with van der Waals surface area (Å²) in [7, 11) is 1.72. The Morgan fingerprint density at radius 3 is 2.85 bits per heavy atom. The molecule has 0 unspecified atom stereocenters. The summed E-state index contributed by atoms with van der Waals surface area (Å²) in [5.74, 6) is 0.940. The van der Waals surface area contributed by atoms with E-state index >= 15 is 0 Å². The molecule has 4 rings (SSSR count). The van der Waals surface area contributed by atoms with Crippen LogP contribution in [0.15, 0.2) is 18.2 Å². The van der Waals surface area contributed by atoms with Gasteiger partial charge in [-0.25, -0.2) is 4.98 Å². The highest BCUT2D eigenvalue weighted by Gasteiger charge is 2.25. The van der Waals surface area contributed by atoms with Crippen molar-refractivity contribution in [1.29, 1.82) is 0 Å². The van der Waals surface area contributed by atoms with Gasteiger partial charge in [0, 0.05) is 30.0 Å². The number of thiazole rings is 1. The smallest absolute Gasteiger partial charge is 0.186 e. The van der Waals surface area contributed by atoms with Crippen LogP contribution < -0.4 is 9.64 Å². The molecule has 1 fully saturated rings. The molecule has 1 aromatic carbocycles. The van der Waals surface area contributed by atoms with Crippen LogP contribution in [0.3, 0.4) is 0 Å². The highest BCUT2D eigenvalue weighted by atomic mass is 32.1. The van der Waals surface area contributed by atoms with Crippen molar-refractivity contribution in [2.75, 3.05) is 25.1 Å². The standard InChI is InChI=1S/C16H18N2OS/c1-19-12-5-6-13-11(9-12)10-14-15(13)17-16(20-14)18-7-3-2-4-8-18/h5-6,9H,2-4,7-8,10H2,1H3. The molecule has 1 aromatic heterocycles. The Kier molecular flexibility index (Phi) is 2.91. The molecule has 20 heavy (non-hydrogen) atoms. The van der Waals surface area contributed by atoms with Crippen LogP contribution in [0, 0.1) is 0 Å². The Hall–Kier alpha value is -1.55. The molecular weight excluding hydrogens is 268 g/mol. The molecule has 0 atom stereocenters. The van der Waals surface area contributed by atoms with Gasteiger partial charge in [0.05, 0.1) is 12.8 Å². The second-order valence-corrected chi connectivity index (χ2v) is 6.58. The van der Waals surface area contributed by atoms with Gasteiger partial charge in [-0.3, -0.25) is 0 Å². The molecule has 1 aliphatic carbocycles. The summed E-state index contributed by atoms with van der Waals surface area (Å²) in [6.07, 6.45) is 4.98. The predicted octanol–water partition coefficient (Wildman–Crippen LogP) is 3.71. The second-order valence-electron chi connectivity index (χ2n) is 5.52. The van der Waals surface area contributed by atoms with E-state index in [0.717, 1.165) is 12.2 Å². The van der Waals surface area contributed by atoms with Gasteiger partial charge in [0.1, 0.15) is 5.75 Å². The molecule has 104 valence electrons. The number of nitrogens with zero attached hydrogens (tertiary/aromatic N) is 2. The molecule has 0 spiro atoms. The molecule has 0 saturated carbocycles. The largest absolute Gasteiger partial charge is 0.497 e. The molecule has 0 amide bonds. The number of rotatable bonds is 2. The minimum Gasteiger partial charge on any atom is -0.497 e. The van der Waals surface area contributed by atoms with Gasteiger partial charge in [-0.05, 0) is 43.0 Å². The van der Waals surface area contributed by atoms with Gasteiger partial charge in [-0.2, -0.15) is 0 Å². The SMILES string of the molecule is COc1ccc2c(c1)Cc1sc(N3CCCCC3)nc1-2. The molecule has 0 N–H and O–H groups in total. The molecule has 1 saturated heterocycles. The van der Waals surface area contributed by atoms with E-state index in [1.54, 1.807) is 7.11 Å². The van der Waals surface area contributed by atoms with Gasteiger partial charge in [-0.15, -0.1) is 11.3 Å². The third-order valence-electron chi connectivity index (χ3n) is 4.23. The number of piperidine rings is 1. The zero-order chi connectivity index (χ0) is 13.5. The number of methoxy groups -OCH3 is 1. The first kappa shape index (κ1) is 12.2. The van der Waals surface area contributed by atoms with Crippen molar-refractivity contribution in [1.82, 2.24) is 4.98 Å². The lowest BCUT2D eigenvalue weighted by molar-refractivity contribution is 0.414. The van der Waals surface area contributed by atoms with Crippen molar-refractivity contribution < 1.29 is 4.74 Å². The van der Waals surface area contributed by atoms with Crippen molar-refractivity contribution in [3.8, 4) is 17.0 Å². The van der Waals surface area contributed by atoms with Gasteiger partial charge < -0.3 is 9.64 Å². The first-order valence-electron chi connectivity index (χ1n) is 7.27. The van der Waals surface area contributed by atoms with Crippen LogP contribution in [-0.2, 0) is 6.42 Å².